The summed E-state index contributed by atoms with van der Waals surface area (Å²) in [5.41, 5.74) is 1.26. The van der Waals surface area contributed by atoms with Crippen molar-refractivity contribution in [1.82, 2.24) is 9.80 Å². The topological polar surface area (TPSA) is 42.0 Å². The van der Waals surface area contributed by atoms with Gasteiger partial charge in [0.05, 0.1) is 5.60 Å². The van der Waals surface area contributed by atoms with E-state index in [-0.39, 0.29) is 30.0 Å². The van der Waals surface area contributed by atoms with Gasteiger partial charge in [0.15, 0.2) is 0 Å². The van der Waals surface area contributed by atoms with Crippen LogP contribution in [-0.4, -0.2) is 59.6 Å². The molecule has 0 radical (unpaired) electrons. The Morgan fingerprint density at radius 2 is 1.97 bits per heavy atom. The molecular weight excluding hydrogens is 431 g/mol. The van der Waals surface area contributed by atoms with Gasteiger partial charge < -0.3 is 19.3 Å². The Morgan fingerprint density at radius 3 is 2.68 bits per heavy atom. The van der Waals surface area contributed by atoms with E-state index in [1.807, 2.05) is 36.1 Å². The van der Waals surface area contributed by atoms with E-state index in [0.29, 0.717) is 30.5 Å². The Balaban J connectivity index is 1.41. The van der Waals surface area contributed by atoms with Gasteiger partial charge in [-0.15, -0.1) is 0 Å². The number of rotatable bonds is 7. The lowest BCUT2D eigenvalue weighted by molar-refractivity contribution is -0.131. The molecule has 2 fully saturated rings. The number of carbonyl (C=O) groups excluding carboxylic acids is 1. The Bertz CT molecular complexity index is 972. The van der Waals surface area contributed by atoms with Gasteiger partial charge in [-0.25, -0.2) is 4.39 Å². The lowest BCUT2D eigenvalue weighted by Gasteiger charge is -2.49. The first-order chi connectivity index (χ1) is 16.4. The zero-order chi connectivity index (χ0) is 24.1. The van der Waals surface area contributed by atoms with Crippen molar-refractivity contribution in [1.29, 1.82) is 0 Å². The molecule has 34 heavy (non-hydrogen) atoms. The third kappa shape index (κ3) is 5.78. The largest absolute Gasteiger partial charge is 0.489 e. The minimum absolute atomic E-state index is 0.0281. The second-order valence-electron chi connectivity index (χ2n) is 9.85. The van der Waals surface area contributed by atoms with E-state index in [0.717, 1.165) is 44.3 Å². The van der Waals surface area contributed by atoms with Crippen molar-refractivity contribution in [3.8, 4) is 5.75 Å². The minimum Gasteiger partial charge on any atom is -0.489 e. The quantitative estimate of drug-likeness (QED) is 0.554. The fourth-order valence-electron chi connectivity index (χ4n) is 5.31. The van der Waals surface area contributed by atoms with Crippen molar-refractivity contribution in [2.75, 3.05) is 26.2 Å². The van der Waals surface area contributed by atoms with E-state index < -0.39 is 0 Å². The summed E-state index contributed by atoms with van der Waals surface area (Å²) >= 11 is 0. The first kappa shape index (κ1) is 24.7. The van der Waals surface area contributed by atoms with Crippen LogP contribution in [0.4, 0.5) is 4.39 Å². The van der Waals surface area contributed by atoms with E-state index in [1.165, 1.54) is 12.1 Å². The molecule has 2 aromatic rings. The van der Waals surface area contributed by atoms with Crippen molar-refractivity contribution >= 4 is 5.91 Å². The van der Waals surface area contributed by atoms with Gasteiger partial charge in [0, 0.05) is 43.9 Å². The highest BCUT2D eigenvalue weighted by Gasteiger charge is 2.42. The lowest BCUT2D eigenvalue weighted by atomic mass is 9.81. The van der Waals surface area contributed by atoms with Gasteiger partial charge in [-0.2, -0.15) is 0 Å². The van der Waals surface area contributed by atoms with E-state index in [4.69, 9.17) is 9.47 Å². The number of ether oxygens (including phenoxy) is 2. The SMILES string of the molecule is CCN(C(=O)c1cccc(OCc2cccc(F)c2)c1)[C@@H]1CCOC2(CCN(C(C)C)CC2)C1. The smallest absolute Gasteiger partial charge is 0.254 e. The second kappa shape index (κ2) is 10.9. The summed E-state index contributed by atoms with van der Waals surface area (Å²) in [7, 11) is 0. The molecule has 6 heteroatoms. The summed E-state index contributed by atoms with van der Waals surface area (Å²) in [5.74, 6) is 0.351. The molecular formula is C28H37FN2O3. The summed E-state index contributed by atoms with van der Waals surface area (Å²) in [6.07, 6.45) is 3.81. The highest BCUT2D eigenvalue weighted by atomic mass is 19.1. The normalized spacial score (nSPS) is 20.4. The number of halogens is 1. The van der Waals surface area contributed by atoms with E-state index in [2.05, 4.69) is 18.7 Å². The zero-order valence-electron chi connectivity index (χ0n) is 20.6. The molecule has 0 unspecified atom stereocenters. The molecule has 1 amide bonds. The molecule has 0 N–H and O–H groups in total. The number of hydrogen-bond donors (Lipinski definition) is 0. The molecule has 184 valence electrons. The average molecular weight is 469 g/mol. The van der Waals surface area contributed by atoms with Crippen LogP contribution in [0.15, 0.2) is 48.5 Å². The molecule has 4 rings (SSSR count). The van der Waals surface area contributed by atoms with Gasteiger partial charge in [-0.3, -0.25) is 4.79 Å². The highest BCUT2D eigenvalue weighted by molar-refractivity contribution is 5.94. The first-order valence-electron chi connectivity index (χ1n) is 12.6. The fraction of sp³-hybridized carbons (Fsp3) is 0.536. The molecule has 0 aliphatic carbocycles. The number of likely N-dealkylation sites (tertiary alicyclic amines) is 1. The van der Waals surface area contributed by atoms with Gasteiger partial charge in [0.25, 0.3) is 5.91 Å². The summed E-state index contributed by atoms with van der Waals surface area (Å²) in [4.78, 5) is 18.0. The van der Waals surface area contributed by atoms with Crippen molar-refractivity contribution in [2.45, 2.75) is 70.7 Å². The summed E-state index contributed by atoms with van der Waals surface area (Å²) in [6, 6.07) is 14.4. The molecule has 0 bridgehead atoms. The molecule has 2 aromatic carbocycles. The maximum atomic E-state index is 13.5. The Hall–Kier alpha value is -2.44. The maximum absolute atomic E-state index is 13.5. The Morgan fingerprint density at radius 1 is 1.21 bits per heavy atom. The average Bonchev–Trinajstić information content (AvgIpc) is 2.84. The van der Waals surface area contributed by atoms with Crippen molar-refractivity contribution in [3.63, 3.8) is 0 Å². The fourth-order valence-corrected chi connectivity index (χ4v) is 5.31. The highest BCUT2D eigenvalue weighted by Crippen LogP contribution is 2.37. The number of piperidine rings is 1. The predicted octanol–water partition coefficient (Wildman–Crippen LogP) is 5.29. The number of nitrogens with zero attached hydrogens (tertiary/aromatic N) is 2. The van der Waals surface area contributed by atoms with Crippen LogP contribution in [0.1, 0.15) is 62.4 Å². The number of hydrogen-bond acceptors (Lipinski definition) is 4. The lowest BCUT2D eigenvalue weighted by Crippen LogP contribution is -2.55. The van der Waals surface area contributed by atoms with Crippen LogP contribution in [0.25, 0.3) is 0 Å². The van der Waals surface area contributed by atoms with Crippen LogP contribution in [0.5, 0.6) is 5.75 Å². The molecule has 2 saturated heterocycles. The summed E-state index contributed by atoms with van der Waals surface area (Å²) in [6.45, 7) is 10.3. The molecule has 5 nitrogen and oxygen atoms in total. The Kier molecular flexibility index (Phi) is 7.89. The summed E-state index contributed by atoms with van der Waals surface area (Å²) < 4.78 is 25.6. The third-order valence-corrected chi connectivity index (χ3v) is 7.32. The summed E-state index contributed by atoms with van der Waals surface area (Å²) in [5, 5.41) is 0. The molecule has 0 aromatic heterocycles. The van der Waals surface area contributed by atoms with Crippen molar-refractivity contribution < 1.29 is 18.7 Å². The van der Waals surface area contributed by atoms with Crippen LogP contribution < -0.4 is 4.74 Å². The van der Waals surface area contributed by atoms with E-state index in [1.54, 1.807) is 12.1 Å². The van der Waals surface area contributed by atoms with Crippen molar-refractivity contribution in [2.24, 2.45) is 0 Å². The predicted molar refractivity (Wildman–Crippen MR) is 132 cm³/mol. The van der Waals surface area contributed by atoms with Crippen LogP contribution in [0.2, 0.25) is 0 Å². The zero-order valence-corrected chi connectivity index (χ0v) is 20.6. The van der Waals surface area contributed by atoms with Gasteiger partial charge >= 0.3 is 0 Å². The van der Waals surface area contributed by atoms with Crippen LogP contribution >= 0.6 is 0 Å². The molecule has 2 aliphatic heterocycles. The number of amides is 1. The third-order valence-electron chi connectivity index (χ3n) is 7.32. The van der Waals surface area contributed by atoms with Crippen molar-refractivity contribution in [3.05, 3.63) is 65.5 Å². The monoisotopic (exact) mass is 468 g/mol. The maximum Gasteiger partial charge on any atom is 0.254 e. The van der Waals surface area contributed by atoms with Crippen LogP contribution in [-0.2, 0) is 11.3 Å². The standard InChI is InChI=1S/C28H37FN2O3/c1-4-31(25-11-16-34-28(19-25)12-14-30(15-13-28)21(2)3)27(32)23-8-6-10-26(18-23)33-20-22-7-5-9-24(29)17-22/h5-10,17-18,21,25H,4,11-16,19-20H2,1-3H3/t25-/m1/s1. The minimum atomic E-state index is -0.285. The molecule has 1 spiro atoms. The van der Waals surface area contributed by atoms with Gasteiger partial charge in [0.1, 0.15) is 18.2 Å². The molecule has 1 atom stereocenters. The molecule has 2 aliphatic rings. The van der Waals surface area contributed by atoms with Gasteiger partial charge in [-0.05, 0) is 82.3 Å². The molecule has 2 heterocycles. The number of benzene rings is 2. The first-order valence-corrected chi connectivity index (χ1v) is 12.6. The second-order valence-corrected chi connectivity index (χ2v) is 9.85. The van der Waals surface area contributed by atoms with Gasteiger partial charge in [-0.1, -0.05) is 18.2 Å². The Labute approximate surface area is 202 Å². The van der Waals surface area contributed by atoms with Gasteiger partial charge in [0.2, 0.25) is 0 Å². The van der Waals surface area contributed by atoms with E-state index >= 15 is 0 Å². The number of carbonyl (C=O) groups is 1. The molecule has 0 saturated carbocycles. The van der Waals surface area contributed by atoms with E-state index in [9.17, 15) is 9.18 Å². The van der Waals surface area contributed by atoms with Crippen LogP contribution in [0, 0.1) is 5.82 Å². The van der Waals surface area contributed by atoms with Crippen LogP contribution in [0.3, 0.4) is 0 Å².